The fraction of sp³-hybridized carbons (Fsp3) is 0.333. The summed E-state index contributed by atoms with van der Waals surface area (Å²) in [5.74, 6) is -2.77. The highest BCUT2D eigenvalue weighted by atomic mass is 16.7. The number of rotatable bonds is 6. The van der Waals surface area contributed by atoms with Crippen LogP contribution in [0.15, 0.2) is 39.5 Å². The van der Waals surface area contributed by atoms with Gasteiger partial charge in [-0.1, -0.05) is 0 Å². The molecule has 1 aromatic heterocycles. The second kappa shape index (κ2) is 10.1. The molecule has 0 radical (unpaired) electrons. The predicted octanol–water partition coefficient (Wildman–Crippen LogP) is 0.335. The van der Waals surface area contributed by atoms with Crippen molar-refractivity contribution in [2.45, 2.75) is 37.6 Å². The van der Waals surface area contributed by atoms with Gasteiger partial charge in [-0.3, -0.25) is 9.59 Å². The van der Waals surface area contributed by atoms with Crippen LogP contribution in [0.5, 0.6) is 28.7 Å². The van der Waals surface area contributed by atoms with Crippen LogP contribution in [-0.2, 0) is 14.3 Å². The maximum atomic E-state index is 13.5. The largest absolute Gasteiger partial charge is 0.508 e. The summed E-state index contributed by atoms with van der Waals surface area (Å²) in [5, 5.41) is 60.8. The monoisotopic (exact) mass is 520 g/mol. The van der Waals surface area contributed by atoms with Crippen molar-refractivity contribution in [2.75, 3.05) is 13.7 Å². The van der Waals surface area contributed by atoms with E-state index in [2.05, 4.69) is 0 Å². The minimum absolute atomic E-state index is 0.0129. The molecule has 13 heteroatoms. The number of esters is 1. The number of aliphatic hydroxyl groups excluding tert-OH is 3. The molecule has 6 N–H and O–H groups in total. The van der Waals surface area contributed by atoms with E-state index >= 15 is 0 Å². The first kappa shape index (κ1) is 26.0. The zero-order valence-corrected chi connectivity index (χ0v) is 19.5. The van der Waals surface area contributed by atoms with Crippen LogP contribution in [0.2, 0.25) is 0 Å². The van der Waals surface area contributed by atoms with E-state index < -0.39 is 66.0 Å². The fourth-order valence-electron chi connectivity index (χ4n) is 3.85. The maximum absolute atomic E-state index is 13.5. The van der Waals surface area contributed by atoms with Crippen molar-refractivity contribution in [3.8, 4) is 40.1 Å². The van der Waals surface area contributed by atoms with Crippen molar-refractivity contribution in [3.05, 3.63) is 40.6 Å². The van der Waals surface area contributed by atoms with Crippen molar-refractivity contribution in [3.63, 3.8) is 0 Å². The van der Waals surface area contributed by atoms with Gasteiger partial charge in [0.1, 0.15) is 53.5 Å². The number of ether oxygens (including phenoxy) is 4. The van der Waals surface area contributed by atoms with Crippen LogP contribution < -0.4 is 14.9 Å². The Morgan fingerprint density at radius 1 is 1.00 bits per heavy atom. The second-order valence-electron chi connectivity index (χ2n) is 8.25. The van der Waals surface area contributed by atoms with Crippen molar-refractivity contribution >= 4 is 16.9 Å². The van der Waals surface area contributed by atoms with E-state index in [0.717, 1.165) is 19.1 Å². The van der Waals surface area contributed by atoms with Crippen molar-refractivity contribution < 1.29 is 58.8 Å². The minimum Gasteiger partial charge on any atom is -0.508 e. The Kier molecular flexibility index (Phi) is 7.14. The summed E-state index contributed by atoms with van der Waals surface area (Å²) in [7, 11) is 1.30. The molecule has 0 bridgehead atoms. The molecule has 0 aliphatic carbocycles. The molecule has 1 aliphatic rings. The lowest BCUT2D eigenvalue weighted by Gasteiger charge is -2.39. The topological polar surface area (TPSA) is 206 Å². The van der Waals surface area contributed by atoms with Crippen LogP contribution in [0.1, 0.15) is 6.92 Å². The number of aliphatic hydroxyl groups is 3. The van der Waals surface area contributed by atoms with Crippen LogP contribution in [0.25, 0.3) is 22.3 Å². The number of phenols is 3. The maximum Gasteiger partial charge on any atom is 0.302 e. The molecule has 0 saturated carbocycles. The molecule has 1 saturated heterocycles. The summed E-state index contributed by atoms with van der Waals surface area (Å²) in [6, 6.07) is 5.92. The highest BCUT2D eigenvalue weighted by Gasteiger charge is 2.46. The number of hydrogen-bond donors (Lipinski definition) is 6. The Morgan fingerprint density at radius 3 is 2.41 bits per heavy atom. The van der Waals surface area contributed by atoms with Gasteiger partial charge in [0, 0.05) is 24.6 Å². The zero-order chi connectivity index (χ0) is 27.0. The van der Waals surface area contributed by atoms with Gasteiger partial charge in [0.05, 0.1) is 7.11 Å². The normalized spacial score (nSPS) is 23.5. The molecule has 3 aromatic rings. The third-order valence-corrected chi connectivity index (χ3v) is 5.71. The smallest absolute Gasteiger partial charge is 0.302 e. The molecule has 37 heavy (non-hydrogen) atoms. The van der Waals surface area contributed by atoms with Gasteiger partial charge in [0.25, 0.3) is 0 Å². The standard InChI is InChI=1S/C24H24O13/c1-9(25)34-8-16-18(29)20(31)21(32)24(36-16)37-23-19(30)17-13(28)6-11(26)7-15(17)35-22(23)10-3-4-12(27)14(5-10)33-2/h3-7,16,18,20-21,24,26-29,31-32H,8H2,1-2H3. The number of phenolic OH excluding ortho intramolecular Hbond substituents is 3. The van der Waals surface area contributed by atoms with Gasteiger partial charge in [-0.15, -0.1) is 0 Å². The number of hydrogen-bond acceptors (Lipinski definition) is 13. The van der Waals surface area contributed by atoms with Crippen LogP contribution in [0, 0.1) is 0 Å². The van der Waals surface area contributed by atoms with E-state index in [0.29, 0.717) is 0 Å². The van der Waals surface area contributed by atoms with Crippen LogP contribution >= 0.6 is 0 Å². The molecule has 0 spiro atoms. The lowest BCUT2D eigenvalue weighted by molar-refractivity contribution is -0.278. The van der Waals surface area contributed by atoms with E-state index in [4.69, 9.17) is 23.4 Å². The van der Waals surface area contributed by atoms with Gasteiger partial charge in [-0.2, -0.15) is 0 Å². The summed E-state index contributed by atoms with van der Waals surface area (Å²) in [6.45, 7) is 0.631. The molecule has 5 unspecified atom stereocenters. The second-order valence-corrected chi connectivity index (χ2v) is 8.25. The van der Waals surface area contributed by atoms with E-state index in [9.17, 15) is 40.2 Å². The molecular weight excluding hydrogens is 496 g/mol. The Morgan fingerprint density at radius 2 is 1.73 bits per heavy atom. The first-order valence-electron chi connectivity index (χ1n) is 10.9. The molecule has 13 nitrogen and oxygen atoms in total. The fourth-order valence-corrected chi connectivity index (χ4v) is 3.85. The van der Waals surface area contributed by atoms with E-state index in [-0.39, 0.29) is 33.8 Å². The minimum atomic E-state index is -1.87. The third kappa shape index (κ3) is 4.97. The SMILES string of the molecule is COc1cc(-c2oc3cc(O)cc(O)c3c(=O)c2OC2OC(COC(C)=O)C(O)C(O)C2O)ccc1O. The summed E-state index contributed by atoms with van der Waals surface area (Å²) >= 11 is 0. The number of methoxy groups -OCH3 is 1. The average molecular weight is 520 g/mol. The van der Waals surface area contributed by atoms with E-state index in [1.54, 1.807) is 0 Å². The summed E-state index contributed by atoms with van der Waals surface area (Å²) in [6.07, 6.45) is -8.43. The lowest BCUT2D eigenvalue weighted by atomic mass is 9.99. The highest BCUT2D eigenvalue weighted by Crippen LogP contribution is 2.39. The zero-order valence-electron chi connectivity index (χ0n) is 19.5. The average Bonchev–Trinajstić information content (AvgIpc) is 2.84. The molecule has 1 fully saturated rings. The van der Waals surface area contributed by atoms with Gasteiger partial charge in [0.15, 0.2) is 17.3 Å². The van der Waals surface area contributed by atoms with Crippen LogP contribution in [-0.4, -0.2) is 81.0 Å². The Balaban J connectivity index is 1.85. The summed E-state index contributed by atoms with van der Waals surface area (Å²) in [4.78, 5) is 24.7. The summed E-state index contributed by atoms with van der Waals surface area (Å²) < 4.78 is 26.9. The molecular formula is C24H24O13. The number of carbonyl (C=O) groups is 1. The first-order chi connectivity index (χ1) is 17.5. The van der Waals surface area contributed by atoms with E-state index in [1.807, 2.05) is 0 Å². The molecule has 2 aromatic carbocycles. The Bertz CT molecular complexity index is 1380. The van der Waals surface area contributed by atoms with E-state index in [1.165, 1.54) is 25.3 Å². The molecule has 2 heterocycles. The third-order valence-electron chi connectivity index (χ3n) is 5.71. The van der Waals surface area contributed by atoms with Gasteiger partial charge in [0.2, 0.25) is 17.5 Å². The Hall–Kier alpha value is -4.04. The van der Waals surface area contributed by atoms with Gasteiger partial charge in [-0.05, 0) is 18.2 Å². The molecule has 198 valence electrons. The van der Waals surface area contributed by atoms with Gasteiger partial charge in [-0.25, -0.2) is 0 Å². The predicted molar refractivity (Wildman–Crippen MR) is 123 cm³/mol. The van der Waals surface area contributed by atoms with Crippen molar-refractivity contribution in [1.82, 2.24) is 0 Å². The lowest BCUT2D eigenvalue weighted by Crippen LogP contribution is -2.60. The van der Waals surface area contributed by atoms with Crippen LogP contribution in [0.4, 0.5) is 0 Å². The van der Waals surface area contributed by atoms with Gasteiger partial charge >= 0.3 is 5.97 Å². The number of fused-ring (bicyclic) bond motifs is 1. The highest BCUT2D eigenvalue weighted by molar-refractivity contribution is 5.88. The quantitative estimate of drug-likeness (QED) is 0.243. The number of aromatic hydroxyl groups is 3. The first-order valence-corrected chi connectivity index (χ1v) is 10.9. The molecule has 0 amide bonds. The van der Waals surface area contributed by atoms with Crippen molar-refractivity contribution in [1.29, 1.82) is 0 Å². The number of benzene rings is 2. The molecule has 4 rings (SSSR count). The van der Waals surface area contributed by atoms with Gasteiger partial charge < -0.3 is 54.0 Å². The van der Waals surface area contributed by atoms with Crippen molar-refractivity contribution in [2.24, 2.45) is 0 Å². The molecule has 1 aliphatic heterocycles. The van der Waals surface area contributed by atoms with Crippen LogP contribution in [0.3, 0.4) is 0 Å². The Labute approximate surface area is 208 Å². The summed E-state index contributed by atoms with van der Waals surface area (Å²) in [5.41, 5.74) is -1.01. The molecule has 5 atom stereocenters. The number of carbonyl (C=O) groups excluding carboxylic acids is 1.